The van der Waals surface area contributed by atoms with Gasteiger partial charge >= 0.3 is 5.00 Å². The van der Waals surface area contributed by atoms with Crippen LogP contribution in [0.5, 0.6) is 5.75 Å². The number of nitrogens with zero attached hydrogens (tertiary/aromatic N) is 4. The van der Waals surface area contributed by atoms with Crippen LogP contribution in [0.25, 0.3) is 0 Å². The van der Waals surface area contributed by atoms with E-state index in [0.717, 1.165) is 30.6 Å². The van der Waals surface area contributed by atoms with Crippen LogP contribution in [-0.4, -0.2) is 58.1 Å². The van der Waals surface area contributed by atoms with E-state index in [1.165, 1.54) is 19.2 Å². The van der Waals surface area contributed by atoms with Crippen molar-refractivity contribution in [3.8, 4) is 5.75 Å². The van der Waals surface area contributed by atoms with Gasteiger partial charge in [0.05, 0.1) is 28.8 Å². The molecule has 1 saturated heterocycles. The molecule has 1 fully saturated rings. The Morgan fingerprint density at radius 1 is 1.28 bits per heavy atom. The Labute approximate surface area is 210 Å². The Balaban J connectivity index is 1.51. The van der Waals surface area contributed by atoms with E-state index in [4.69, 9.17) is 4.74 Å². The third kappa shape index (κ3) is 6.02. The van der Waals surface area contributed by atoms with Crippen LogP contribution >= 0.6 is 11.3 Å². The van der Waals surface area contributed by atoms with Crippen molar-refractivity contribution < 1.29 is 18.8 Å². The summed E-state index contributed by atoms with van der Waals surface area (Å²) in [6.45, 7) is 5.59. The van der Waals surface area contributed by atoms with Crippen LogP contribution < -0.4 is 26.1 Å². The van der Waals surface area contributed by atoms with Crippen LogP contribution in [0.4, 0.5) is 32.5 Å². The zero-order valence-corrected chi connectivity index (χ0v) is 20.6. The van der Waals surface area contributed by atoms with Crippen molar-refractivity contribution in [1.29, 1.82) is 0 Å². The van der Waals surface area contributed by atoms with Crippen LogP contribution in [-0.2, 0) is 0 Å². The maximum absolute atomic E-state index is 14.5. The molecule has 1 amide bonds. The summed E-state index contributed by atoms with van der Waals surface area (Å²) < 4.78 is 19.8. The fourth-order valence-corrected chi connectivity index (χ4v) is 4.54. The first kappa shape index (κ1) is 25.2. The number of hydrazine groups is 1. The van der Waals surface area contributed by atoms with Gasteiger partial charge in [-0.15, -0.1) is 0 Å². The van der Waals surface area contributed by atoms with Gasteiger partial charge in [-0.25, -0.2) is 14.4 Å². The third-order valence-electron chi connectivity index (χ3n) is 5.27. The van der Waals surface area contributed by atoms with Gasteiger partial charge in [0.1, 0.15) is 5.75 Å². The smallest absolute Gasteiger partial charge is 0.324 e. The molecule has 12 nitrogen and oxygen atoms in total. The van der Waals surface area contributed by atoms with Gasteiger partial charge in [-0.2, -0.15) is 4.98 Å². The quantitative estimate of drug-likeness (QED) is 0.259. The normalized spacial score (nSPS) is 17.9. The van der Waals surface area contributed by atoms with Crippen molar-refractivity contribution >= 4 is 45.4 Å². The molecule has 1 aliphatic rings. The van der Waals surface area contributed by atoms with Crippen molar-refractivity contribution in [3.63, 3.8) is 0 Å². The van der Waals surface area contributed by atoms with Crippen molar-refractivity contribution in [2.45, 2.75) is 25.9 Å². The molecule has 3 heterocycles. The molecule has 2 aromatic heterocycles. The minimum Gasteiger partial charge on any atom is -0.495 e. The van der Waals surface area contributed by atoms with E-state index in [1.807, 2.05) is 5.01 Å². The molecule has 2 atom stereocenters. The number of halogens is 1. The van der Waals surface area contributed by atoms with Gasteiger partial charge in [0, 0.05) is 36.9 Å². The van der Waals surface area contributed by atoms with E-state index in [0.29, 0.717) is 17.1 Å². The lowest BCUT2D eigenvalue weighted by atomic mass is 10.2. The molecule has 0 spiro atoms. The molecule has 0 unspecified atom stereocenters. The van der Waals surface area contributed by atoms with Crippen LogP contribution in [0.1, 0.15) is 23.5 Å². The largest absolute Gasteiger partial charge is 0.495 e. The van der Waals surface area contributed by atoms with Crippen LogP contribution in [0.15, 0.2) is 36.5 Å². The van der Waals surface area contributed by atoms with Crippen molar-refractivity contribution in [2.24, 2.45) is 0 Å². The number of piperazine rings is 1. The number of hydrogen-bond donors (Lipinski definition) is 4. The SMILES string of the molecule is COc1ccc(Nc2nc(NN3C[C@@H](C)N[C@@H](C)C3)ncc2F)cc1NC(=O)c1ccc([N+](=O)[O-])s1. The second kappa shape index (κ2) is 10.8. The summed E-state index contributed by atoms with van der Waals surface area (Å²) in [5.41, 5.74) is 3.84. The van der Waals surface area contributed by atoms with E-state index < -0.39 is 16.6 Å². The molecule has 4 rings (SSSR count). The average molecular weight is 517 g/mol. The van der Waals surface area contributed by atoms with Crippen molar-refractivity contribution in [1.82, 2.24) is 20.3 Å². The van der Waals surface area contributed by atoms with Gasteiger partial charge in [-0.05, 0) is 38.1 Å². The predicted octanol–water partition coefficient (Wildman–Crippen LogP) is 3.60. The van der Waals surface area contributed by atoms with Gasteiger partial charge in [-0.3, -0.25) is 20.3 Å². The van der Waals surface area contributed by atoms with Crippen LogP contribution in [0, 0.1) is 15.9 Å². The summed E-state index contributed by atoms with van der Waals surface area (Å²) in [7, 11) is 1.44. The zero-order valence-electron chi connectivity index (χ0n) is 19.7. The Kier molecular flexibility index (Phi) is 7.57. The fourth-order valence-electron chi connectivity index (χ4n) is 3.82. The number of aromatic nitrogens is 2. The van der Waals surface area contributed by atoms with Gasteiger partial charge < -0.3 is 20.7 Å². The number of nitro groups is 1. The molecule has 1 aliphatic heterocycles. The molecule has 14 heteroatoms. The molecule has 0 aliphatic carbocycles. The summed E-state index contributed by atoms with van der Waals surface area (Å²) in [6, 6.07) is 7.96. The van der Waals surface area contributed by atoms with Crippen LogP contribution in [0.3, 0.4) is 0 Å². The Bertz CT molecular complexity index is 1260. The third-order valence-corrected chi connectivity index (χ3v) is 6.30. The lowest BCUT2D eigenvalue weighted by molar-refractivity contribution is -0.380. The molecule has 3 aromatic rings. The summed E-state index contributed by atoms with van der Waals surface area (Å²) in [6.07, 6.45) is 1.07. The average Bonchev–Trinajstić information content (AvgIpc) is 3.32. The lowest BCUT2D eigenvalue weighted by Crippen LogP contribution is -2.55. The van der Waals surface area contributed by atoms with Crippen molar-refractivity contribution in [3.05, 3.63) is 57.3 Å². The van der Waals surface area contributed by atoms with Crippen LogP contribution in [0.2, 0.25) is 0 Å². The number of carbonyl (C=O) groups is 1. The molecule has 4 N–H and O–H groups in total. The highest BCUT2D eigenvalue weighted by Gasteiger charge is 2.22. The number of thiophene rings is 1. The van der Waals surface area contributed by atoms with Gasteiger partial charge in [-0.1, -0.05) is 11.3 Å². The first-order chi connectivity index (χ1) is 17.2. The van der Waals surface area contributed by atoms with E-state index in [2.05, 4.69) is 45.2 Å². The molecule has 1 aromatic carbocycles. The number of rotatable bonds is 8. The molecule has 0 radical (unpaired) electrons. The number of amides is 1. The first-order valence-corrected chi connectivity index (χ1v) is 11.8. The Morgan fingerprint density at radius 2 is 2.03 bits per heavy atom. The summed E-state index contributed by atoms with van der Waals surface area (Å²) in [5, 5.41) is 21.7. The van der Waals surface area contributed by atoms with Crippen molar-refractivity contribution in [2.75, 3.05) is 36.3 Å². The van der Waals surface area contributed by atoms with Gasteiger partial charge in [0.2, 0.25) is 5.95 Å². The second-order valence-corrected chi connectivity index (χ2v) is 9.33. The van der Waals surface area contributed by atoms with E-state index in [1.54, 1.807) is 18.2 Å². The summed E-state index contributed by atoms with van der Waals surface area (Å²) >= 11 is 0.758. The number of ether oxygens (including phenoxy) is 1. The maximum atomic E-state index is 14.5. The topological polar surface area (TPSA) is 147 Å². The Hall–Kier alpha value is -3.88. The fraction of sp³-hybridized carbons (Fsp3) is 0.318. The molecule has 36 heavy (non-hydrogen) atoms. The minimum absolute atomic E-state index is 0.0555. The minimum atomic E-state index is -0.658. The monoisotopic (exact) mass is 516 g/mol. The second-order valence-electron chi connectivity index (χ2n) is 8.26. The molecule has 0 bridgehead atoms. The highest BCUT2D eigenvalue weighted by molar-refractivity contribution is 7.17. The Morgan fingerprint density at radius 3 is 2.69 bits per heavy atom. The van der Waals surface area contributed by atoms with Gasteiger partial charge in [0.25, 0.3) is 5.91 Å². The highest BCUT2D eigenvalue weighted by Crippen LogP contribution is 2.31. The highest BCUT2D eigenvalue weighted by atomic mass is 32.1. The first-order valence-electron chi connectivity index (χ1n) is 11.0. The number of methoxy groups -OCH3 is 1. The van der Waals surface area contributed by atoms with E-state index in [-0.39, 0.29) is 33.7 Å². The molecular weight excluding hydrogens is 491 g/mol. The molecule has 190 valence electrons. The number of carbonyl (C=O) groups excluding carboxylic acids is 1. The summed E-state index contributed by atoms with van der Waals surface area (Å²) in [5.74, 6) is -0.661. The molecule has 0 saturated carbocycles. The summed E-state index contributed by atoms with van der Waals surface area (Å²) in [4.78, 5) is 31.4. The van der Waals surface area contributed by atoms with E-state index >= 15 is 0 Å². The number of nitrogens with one attached hydrogen (secondary N) is 4. The zero-order chi connectivity index (χ0) is 25.8. The predicted molar refractivity (Wildman–Crippen MR) is 134 cm³/mol. The maximum Gasteiger partial charge on any atom is 0.324 e. The number of anilines is 4. The standard InChI is InChI=1S/C22H25FN8O4S/c1-12-10-30(11-13(2)25-12)29-22-24-9-15(23)20(28-22)26-14-4-5-17(35-3)16(8-14)27-21(32)18-6-7-19(36-18)31(33)34/h4-9,12-13,25H,10-11H2,1-3H3,(H,27,32)(H2,24,26,28,29)/t12-,13+. The van der Waals surface area contributed by atoms with E-state index in [9.17, 15) is 19.3 Å². The molecular formula is C22H25FN8O4S. The number of benzene rings is 1. The van der Waals surface area contributed by atoms with Gasteiger partial charge in [0.15, 0.2) is 11.6 Å². The number of hydrogen-bond acceptors (Lipinski definition) is 11. The lowest BCUT2D eigenvalue weighted by Gasteiger charge is -2.35.